The highest BCUT2D eigenvalue weighted by Gasteiger charge is 2.37. The van der Waals surface area contributed by atoms with Crippen molar-refractivity contribution in [2.45, 2.75) is 38.3 Å². The number of ether oxygens (including phenoxy) is 1. The lowest BCUT2D eigenvalue weighted by molar-refractivity contribution is -0.105. The molecule has 1 unspecified atom stereocenters. The SMILES string of the molecule is [C-]#[N+]c1ccc2[nH]cc(CCCCN3CCN(c4ncc(-c5cccc(OCC(F)(F)C(C)F)c5)cc4NC=O)CC3)c2c1. The van der Waals surface area contributed by atoms with Crippen molar-refractivity contribution in [1.29, 1.82) is 0 Å². The maximum atomic E-state index is 13.7. The van der Waals surface area contributed by atoms with Gasteiger partial charge < -0.3 is 19.9 Å². The Morgan fingerprint density at radius 2 is 1.95 bits per heavy atom. The zero-order valence-electron chi connectivity index (χ0n) is 24.5. The quantitative estimate of drug-likeness (QED) is 0.0990. The Labute approximate surface area is 254 Å². The second-order valence-electron chi connectivity index (χ2n) is 11.0. The predicted molar refractivity (Wildman–Crippen MR) is 167 cm³/mol. The van der Waals surface area contributed by atoms with Crippen LogP contribution < -0.4 is 15.0 Å². The summed E-state index contributed by atoms with van der Waals surface area (Å²) in [6.45, 7) is 11.2. The molecule has 1 amide bonds. The van der Waals surface area contributed by atoms with Crippen LogP contribution in [0, 0.1) is 6.57 Å². The van der Waals surface area contributed by atoms with E-state index >= 15 is 0 Å². The lowest BCUT2D eigenvalue weighted by Gasteiger charge is -2.36. The van der Waals surface area contributed by atoms with Crippen molar-refractivity contribution in [2.75, 3.05) is 49.5 Å². The Balaban J connectivity index is 1.15. The maximum absolute atomic E-state index is 13.7. The van der Waals surface area contributed by atoms with Gasteiger partial charge in [0, 0.05) is 49.7 Å². The van der Waals surface area contributed by atoms with Gasteiger partial charge in [0.15, 0.2) is 24.3 Å². The van der Waals surface area contributed by atoms with Gasteiger partial charge in [-0.15, -0.1) is 0 Å². The molecule has 0 radical (unpaired) electrons. The monoisotopic (exact) mass is 604 g/mol. The van der Waals surface area contributed by atoms with E-state index in [2.05, 4.69) is 29.9 Å². The Morgan fingerprint density at radius 3 is 2.70 bits per heavy atom. The van der Waals surface area contributed by atoms with Gasteiger partial charge in [-0.1, -0.05) is 18.2 Å². The van der Waals surface area contributed by atoms with E-state index < -0.39 is 18.7 Å². The maximum Gasteiger partial charge on any atom is 0.311 e. The van der Waals surface area contributed by atoms with E-state index in [1.54, 1.807) is 30.5 Å². The molecule has 8 nitrogen and oxygen atoms in total. The Hall–Kier alpha value is -4.56. The number of amides is 1. The Kier molecular flexibility index (Phi) is 9.70. The summed E-state index contributed by atoms with van der Waals surface area (Å²) in [6.07, 6.45) is 5.08. The molecule has 0 aliphatic carbocycles. The van der Waals surface area contributed by atoms with Crippen LogP contribution in [0.5, 0.6) is 5.75 Å². The number of carbonyl (C=O) groups is 1. The fraction of sp³-hybridized carbons (Fsp3) is 0.364. The molecule has 1 atom stereocenters. The number of rotatable bonds is 13. The van der Waals surface area contributed by atoms with Crippen LogP contribution in [0.1, 0.15) is 25.3 Å². The fourth-order valence-electron chi connectivity index (χ4n) is 5.37. The summed E-state index contributed by atoms with van der Waals surface area (Å²) in [6, 6.07) is 14.1. The van der Waals surface area contributed by atoms with Gasteiger partial charge in [-0.3, -0.25) is 9.69 Å². The summed E-state index contributed by atoms with van der Waals surface area (Å²) in [5, 5.41) is 3.88. The number of aryl methyl sites for hydroxylation is 1. The molecule has 3 heterocycles. The van der Waals surface area contributed by atoms with Crippen LogP contribution in [-0.4, -0.2) is 72.7 Å². The van der Waals surface area contributed by atoms with Crippen LogP contribution in [0.4, 0.5) is 30.4 Å². The molecule has 4 aromatic rings. The summed E-state index contributed by atoms with van der Waals surface area (Å²) in [5.41, 5.74) is 4.84. The molecular formula is C33H35F3N6O2. The van der Waals surface area contributed by atoms with Crippen LogP contribution in [0.3, 0.4) is 0 Å². The first-order chi connectivity index (χ1) is 21.3. The number of unbranched alkanes of at least 4 members (excludes halogenated alkanes) is 1. The number of aromatic amines is 1. The van der Waals surface area contributed by atoms with Crippen molar-refractivity contribution in [2.24, 2.45) is 0 Å². The van der Waals surface area contributed by atoms with Crippen LogP contribution in [-0.2, 0) is 11.2 Å². The number of carbonyl (C=O) groups excluding carboxylic acids is 1. The Bertz CT molecular complexity index is 1630. The summed E-state index contributed by atoms with van der Waals surface area (Å²) >= 11 is 0. The minimum atomic E-state index is -3.59. The number of pyridine rings is 1. The van der Waals surface area contributed by atoms with Gasteiger partial charge in [0.2, 0.25) is 6.41 Å². The summed E-state index contributed by atoms with van der Waals surface area (Å²) < 4.78 is 45.7. The molecule has 2 N–H and O–H groups in total. The van der Waals surface area contributed by atoms with E-state index in [4.69, 9.17) is 11.3 Å². The molecule has 0 bridgehead atoms. The topological polar surface area (TPSA) is 77.8 Å². The van der Waals surface area contributed by atoms with Crippen molar-refractivity contribution < 1.29 is 22.7 Å². The smallest absolute Gasteiger partial charge is 0.311 e. The number of H-pyrrole nitrogens is 1. The van der Waals surface area contributed by atoms with Crippen LogP contribution >= 0.6 is 0 Å². The standard InChI is InChI=1S/C33H35F3N6O2/c1-23(34)33(35,36)21-44-28-8-5-7-24(16-28)26-17-31(40-22-43)32(39-20-26)42-14-12-41(13-15-42)11-4-3-6-25-19-38-30-10-9-27(37-2)18-29(25)30/h5,7-10,16-20,22-23,38H,3-4,6,11-15,21H2,1H3,(H,40,43). The minimum absolute atomic E-state index is 0.184. The average Bonchev–Trinajstić information content (AvgIpc) is 3.44. The van der Waals surface area contributed by atoms with Gasteiger partial charge in [0.1, 0.15) is 5.75 Å². The van der Waals surface area contributed by atoms with Gasteiger partial charge in [-0.2, -0.15) is 8.78 Å². The number of halogens is 3. The molecule has 5 rings (SSSR count). The predicted octanol–water partition coefficient (Wildman–Crippen LogP) is 6.87. The number of hydrogen-bond acceptors (Lipinski definition) is 5. The average molecular weight is 605 g/mol. The largest absolute Gasteiger partial charge is 0.487 e. The van der Waals surface area contributed by atoms with Gasteiger partial charge in [-0.05, 0) is 79.6 Å². The molecule has 0 spiro atoms. The number of benzene rings is 2. The first-order valence-corrected chi connectivity index (χ1v) is 14.7. The van der Waals surface area contributed by atoms with E-state index in [1.807, 2.05) is 24.4 Å². The number of piperazine rings is 1. The van der Waals surface area contributed by atoms with Gasteiger partial charge in [0.05, 0.1) is 12.3 Å². The summed E-state index contributed by atoms with van der Waals surface area (Å²) in [5.74, 6) is -2.74. The Morgan fingerprint density at radius 1 is 1.14 bits per heavy atom. The number of alkyl halides is 3. The van der Waals surface area contributed by atoms with Gasteiger partial charge >= 0.3 is 5.92 Å². The molecule has 1 aliphatic heterocycles. The van der Waals surface area contributed by atoms with E-state index in [1.165, 1.54) is 11.6 Å². The molecule has 11 heteroatoms. The highest BCUT2D eigenvalue weighted by molar-refractivity contribution is 5.86. The first-order valence-electron chi connectivity index (χ1n) is 14.7. The molecule has 2 aromatic heterocycles. The molecule has 230 valence electrons. The first kappa shape index (κ1) is 30.9. The number of fused-ring (bicyclic) bond motifs is 1. The zero-order chi connectivity index (χ0) is 31.1. The molecule has 1 saturated heterocycles. The van der Waals surface area contributed by atoms with Crippen molar-refractivity contribution in [3.63, 3.8) is 0 Å². The van der Waals surface area contributed by atoms with Crippen molar-refractivity contribution in [3.8, 4) is 16.9 Å². The third-order valence-corrected chi connectivity index (χ3v) is 7.98. The number of anilines is 2. The van der Waals surface area contributed by atoms with Crippen LogP contribution in [0.25, 0.3) is 26.9 Å². The van der Waals surface area contributed by atoms with Crippen LogP contribution in [0.15, 0.2) is 60.9 Å². The van der Waals surface area contributed by atoms with Crippen molar-refractivity contribution in [3.05, 3.63) is 77.9 Å². The van der Waals surface area contributed by atoms with E-state index in [0.29, 0.717) is 34.7 Å². The van der Waals surface area contributed by atoms with Gasteiger partial charge in [0.25, 0.3) is 0 Å². The molecule has 0 saturated carbocycles. The lowest BCUT2D eigenvalue weighted by Crippen LogP contribution is -2.47. The molecular weight excluding hydrogens is 569 g/mol. The lowest BCUT2D eigenvalue weighted by atomic mass is 10.1. The second kappa shape index (κ2) is 13.8. The number of aromatic nitrogens is 2. The van der Waals surface area contributed by atoms with Crippen molar-refractivity contribution in [1.82, 2.24) is 14.9 Å². The van der Waals surface area contributed by atoms with E-state index in [9.17, 15) is 18.0 Å². The third-order valence-electron chi connectivity index (χ3n) is 7.98. The molecule has 1 aliphatic rings. The van der Waals surface area contributed by atoms with E-state index in [0.717, 1.165) is 69.8 Å². The zero-order valence-corrected chi connectivity index (χ0v) is 24.5. The molecule has 44 heavy (non-hydrogen) atoms. The number of nitrogens with zero attached hydrogens (tertiary/aromatic N) is 4. The minimum Gasteiger partial charge on any atom is -0.487 e. The molecule has 2 aromatic carbocycles. The second-order valence-corrected chi connectivity index (χ2v) is 11.0. The molecule has 1 fully saturated rings. The van der Waals surface area contributed by atoms with E-state index in [-0.39, 0.29) is 5.75 Å². The highest BCUT2D eigenvalue weighted by atomic mass is 19.3. The highest BCUT2D eigenvalue weighted by Crippen LogP contribution is 2.32. The normalized spacial score (nSPS) is 14.8. The fourth-order valence-corrected chi connectivity index (χ4v) is 5.37. The van der Waals surface area contributed by atoms with Crippen LogP contribution in [0.2, 0.25) is 0 Å². The third kappa shape index (κ3) is 7.32. The van der Waals surface area contributed by atoms with Crippen molar-refractivity contribution >= 4 is 34.5 Å². The summed E-state index contributed by atoms with van der Waals surface area (Å²) in [4.78, 5) is 27.5. The van der Waals surface area contributed by atoms with Gasteiger partial charge in [-0.25, -0.2) is 14.2 Å². The number of hydrogen-bond donors (Lipinski definition) is 2. The summed E-state index contributed by atoms with van der Waals surface area (Å²) in [7, 11) is 0. The number of nitrogens with one attached hydrogen (secondary N) is 2.